The van der Waals surface area contributed by atoms with Crippen molar-refractivity contribution in [2.24, 2.45) is 11.8 Å². The van der Waals surface area contributed by atoms with Crippen LogP contribution in [-0.2, 0) is 15.0 Å². The van der Waals surface area contributed by atoms with Gasteiger partial charge in [-0.15, -0.1) is 0 Å². The van der Waals surface area contributed by atoms with E-state index in [-0.39, 0.29) is 29.1 Å². The number of nitro groups is 1. The maximum absolute atomic E-state index is 14.1. The summed E-state index contributed by atoms with van der Waals surface area (Å²) in [6, 6.07) is 20.9. The summed E-state index contributed by atoms with van der Waals surface area (Å²) in [5.41, 5.74) is 4.26. The number of imide groups is 1. The first-order valence-electron chi connectivity index (χ1n) is 11.2. The number of nitro benzene ring substituents is 1. The Bertz CT molecular complexity index is 1330. The summed E-state index contributed by atoms with van der Waals surface area (Å²) < 4.78 is 0. The molecule has 1 saturated heterocycles. The van der Waals surface area contributed by atoms with E-state index in [9.17, 15) is 19.7 Å². The normalized spacial score (nSPS) is 26.7. The minimum atomic E-state index is -0.645. The Balaban J connectivity index is 1.63. The van der Waals surface area contributed by atoms with Gasteiger partial charge in [0.1, 0.15) is 5.69 Å². The van der Waals surface area contributed by atoms with Gasteiger partial charge in [0.25, 0.3) is 5.69 Å². The summed E-state index contributed by atoms with van der Waals surface area (Å²) in [6.07, 6.45) is 0.651. The number of carbonyl (C=O) groups excluding carboxylic acids is 2. The fourth-order valence-electron chi connectivity index (χ4n) is 6.74. The lowest BCUT2D eigenvalue weighted by atomic mass is 9.46. The highest BCUT2D eigenvalue weighted by atomic mass is 16.6. The third-order valence-corrected chi connectivity index (χ3v) is 7.92. The van der Waals surface area contributed by atoms with E-state index in [1.165, 1.54) is 12.1 Å². The molecule has 2 amide bonds. The van der Waals surface area contributed by atoms with Crippen molar-refractivity contribution in [3.63, 3.8) is 0 Å². The smallest absolute Gasteiger partial charge is 0.274 e. The lowest BCUT2D eigenvalue weighted by Gasteiger charge is -2.54. The van der Waals surface area contributed by atoms with Crippen LogP contribution in [0.1, 0.15) is 47.1 Å². The van der Waals surface area contributed by atoms with Crippen molar-refractivity contribution < 1.29 is 14.5 Å². The average Bonchev–Trinajstić information content (AvgIpc) is 3.10. The first kappa shape index (κ1) is 19.9. The van der Waals surface area contributed by atoms with Crippen LogP contribution in [0.15, 0.2) is 66.7 Å². The molecular weight excluding hydrogens is 416 g/mol. The third kappa shape index (κ3) is 2.28. The molecule has 1 aliphatic heterocycles. The summed E-state index contributed by atoms with van der Waals surface area (Å²) in [4.78, 5) is 40.4. The molecule has 3 aromatic carbocycles. The Hall–Kier alpha value is -3.80. The monoisotopic (exact) mass is 438 g/mol. The zero-order chi connectivity index (χ0) is 23.1. The number of rotatable bonds is 3. The summed E-state index contributed by atoms with van der Waals surface area (Å²) in [6.45, 7) is 3.81. The first-order valence-corrected chi connectivity index (χ1v) is 11.2. The van der Waals surface area contributed by atoms with Crippen LogP contribution in [0, 0.1) is 28.9 Å². The lowest BCUT2D eigenvalue weighted by Crippen LogP contribution is -2.53. The van der Waals surface area contributed by atoms with Crippen LogP contribution < -0.4 is 4.90 Å². The van der Waals surface area contributed by atoms with E-state index in [4.69, 9.17) is 0 Å². The van der Waals surface area contributed by atoms with E-state index in [2.05, 4.69) is 31.2 Å². The highest BCUT2D eigenvalue weighted by molar-refractivity contribution is 6.24. The quantitative estimate of drug-likeness (QED) is 0.332. The minimum Gasteiger partial charge on any atom is -0.274 e. The number of carbonyl (C=O) groups is 2. The SMILES string of the molecule is CCC12c3ccccc3C(c3ccccc31)[C@H]1C(=O)N(c3ccc(C)cc3[N+](=O)[O-])C(=O)[C@@H]12. The molecule has 6 heteroatoms. The van der Waals surface area contributed by atoms with Crippen LogP contribution >= 0.6 is 0 Å². The van der Waals surface area contributed by atoms with Gasteiger partial charge in [0.05, 0.1) is 16.8 Å². The van der Waals surface area contributed by atoms with Crippen molar-refractivity contribution in [3.05, 3.63) is 105 Å². The van der Waals surface area contributed by atoms with Crippen molar-refractivity contribution >= 4 is 23.2 Å². The van der Waals surface area contributed by atoms with Gasteiger partial charge in [-0.3, -0.25) is 19.7 Å². The van der Waals surface area contributed by atoms with E-state index in [0.717, 1.165) is 27.2 Å². The van der Waals surface area contributed by atoms with Crippen LogP contribution in [0.2, 0.25) is 0 Å². The molecule has 164 valence electrons. The largest absolute Gasteiger partial charge is 0.293 e. The van der Waals surface area contributed by atoms with Crippen molar-refractivity contribution in [2.45, 2.75) is 31.6 Å². The number of nitrogens with zero attached hydrogens (tertiary/aromatic N) is 2. The topological polar surface area (TPSA) is 80.5 Å². The molecule has 0 saturated carbocycles. The highest BCUT2D eigenvalue weighted by Crippen LogP contribution is 2.65. The number of hydrogen-bond acceptors (Lipinski definition) is 4. The fourth-order valence-corrected chi connectivity index (χ4v) is 6.74. The predicted molar refractivity (Wildman–Crippen MR) is 123 cm³/mol. The number of hydrogen-bond donors (Lipinski definition) is 0. The Labute approximate surface area is 191 Å². The molecule has 2 bridgehead atoms. The molecule has 7 rings (SSSR count). The number of amides is 2. The van der Waals surface area contributed by atoms with Crippen molar-refractivity contribution in [1.82, 2.24) is 0 Å². The second-order valence-corrected chi connectivity index (χ2v) is 9.24. The predicted octanol–water partition coefficient (Wildman–Crippen LogP) is 4.86. The van der Waals surface area contributed by atoms with Crippen molar-refractivity contribution in [3.8, 4) is 0 Å². The molecule has 0 aromatic heterocycles. The molecule has 1 fully saturated rings. The number of anilines is 1. The van der Waals surface area contributed by atoms with E-state index >= 15 is 0 Å². The summed E-state index contributed by atoms with van der Waals surface area (Å²) in [5, 5.41) is 11.8. The molecule has 1 heterocycles. The molecule has 0 unspecified atom stereocenters. The Kier molecular flexibility index (Phi) is 3.97. The first-order chi connectivity index (χ1) is 15.9. The van der Waals surface area contributed by atoms with Gasteiger partial charge < -0.3 is 0 Å². The zero-order valence-corrected chi connectivity index (χ0v) is 18.3. The van der Waals surface area contributed by atoms with Gasteiger partial charge in [0, 0.05) is 17.4 Å². The van der Waals surface area contributed by atoms with Crippen LogP contribution in [-0.4, -0.2) is 16.7 Å². The summed E-state index contributed by atoms with van der Waals surface area (Å²) in [5.74, 6) is -2.10. The molecule has 0 N–H and O–H groups in total. The summed E-state index contributed by atoms with van der Waals surface area (Å²) in [7, 11) is 0. The molecule has 4 aliphatic rings. The van der Waals surface area contributed by atoms with E-state index < -0.39 is 22.2 Å². The Morgan fingerprint density at radius 1 is 0.939 bits per heavy atom. The minimum absolute atomic E-state index is 0.0637. The number of benzene rings is 3. The summed E-state index contributed by atoms with van der Waals surface area (Å²) >= 11 is 0. The van der Waals surface area contributed by atoms with Gasteiger partial charge in [-0.1, -0.05) is 61.5 Å². The molecule has 3 aliphatic carbocycles. The van der Waals surface area contributed by atoms with Crippen molar-refractivity contribution in [1.29, 1.82) is 0 Å². The third-order valence-electron chi connectivity index (χ3n) is 7.92. The molecule has 0 spiro atoms. The Morgan fingerprint density at radius 3 is 2.12 bits per heavy atom. The van der Waals surface area contributed by atoms with Crippen LogP contribution in [0.25, 0.3) is 0 Å². The molecular formula is C27H22N2O4. The van der Waals surface area contributed by atoms with E-state index in [1.54, 1.807) is 13.0 Å². The van der Waals surface area contributed by atoms with Gasteiger partial charge in [0.2, 0.25) is 11.8 Å². The highest BCUT2D eigenvalue weighted by Gasteiger charge is 2.67. The van der Waals surface area contributed by atoms with Crippen LogP contribution in [0.4, 0.5) is 11.4 Å². The van der Waals surface area contributed by atoms with E-state index in [0.29, 0.717) is 12.0 Å². The van der Waals surface area contributed by atoms with Gasteiger partial charge in [-0.2, -0.15) is 0 Å². The molecule has 0 radical (unpaired) electrons. The molecule has 33 heavy (non-hydrogen) atoms. The van der Waals surface area contributed by atoms with Gasteiger partial charge in [-0.25, -0.2) is 4.90 Å². The van der Waals surface area contributed by atoms with E-state index in [1.807, 2.05) is 24.3 Å². The second-order valence-electron chi connectivity index (χ2n) is 9.24. The molecule has 6 nitrogen and oxygen atoms in total. The van der Waals surface area contributed by atoms with Crippen LogP contribution in [0.3, 0.4) is 0 Å². The maximum atomic E-state index is 14.1. The second kappa shape index (κ2) is 6.61. The van der Waals surface area contributed by atoms with Gasteiger partial charge in [0.15, 0.2) is 0 Å². The zero-order valence-electron chi connectivity index (χ0n) is 18.3. The maximum Gasteiger partial charge on any atom is 0.293 e. The van der Waals surface area contributed by atoms with Gasteiger partial charge >= 0.3 is 0 Å². The van der Waals surface area contributed by atoms with Gasteiger partial charge in [-0.05, 0) is 47.2 Å². The Morgan fingerprint density at radius 2 is 1.55 bits per heavy atom. The van der Waals surface area contributed by atoms with Crippen LogP contribution in [0.5, 0.6) is 0 Å². The molecule has 3 aromatic rings. The fraction of sp³-hybridized carbons (Fsp3) is 0.259. The molecule has 2 atom stereocenters. The lowest BCUT2D eigenvalue weighted by molar-refractivity contribution is -0.384. The number of aryl methyl sites for hydroxylation is 1. The van der Waals surface area contributed by atoms with Crippen molar-refractivity contribution in [2.75, 3.05) is 4.90 Å². The standard InChI is InChI=1S/C27H22N2O4/c1-3-27-18-10-6-4-8-16(18)22(17-9-5-7-11-19(17)27)23-24(27)26(31)28(25(23)30)20-13-12-15(2)14-21(20)29(32)33/h4-14,22-24H,3H2,1-2H3/t22?,23-,24-,27?/m1/s1. The average molecular weight is 438 g/mol.